The van der Waals surface area contributed by atoms with Gasteiger partial charge in [-0.25, -0.2) is 4.79 Å². The number of esters is 1. The zero-order valence-corrected chi connectivity index (χ0v) is 19.7. The SMILES string of the molecule is CC(C)(C)C(=O)OCC1(C(=O)O)N=c2cc(Cl)cc(Cl)c2=C1C=CC(=O)Nc1ccccc1. The highest BCUT2D eigenvalue weighted by Gasteiger charge is 2.47. The summed E-state index contributed by atoms with van der Waals surface area (Å²) in [6.07, 6.45) is 2.51. The van der Waals surface area contributed by atoms with Crippen molar-refractivity contribution in [2.75, 3.05) is 11.9 Å². The molecule has 1 amide bonds. The first kappa shape index (κ1) is 24.5. The van der Waals surface area contributed by atoms with Crippen molar-refractivity contribution in [1.29, 1.82) is 0 Å². The number of fused-ring (bicyclic) bond motifs is 1. The van der Waals surface area contributed by atoms with Crippen molar-refractivity contribution in [3.63, 3.8) is 0 Å². The second-order valence-corrected chi connectivity index (χ2v) is 9.33. The maximum Gasteiger partial charge on any atom is 0.339 e. The van der Waals surface area contributed by atoms with Crippen LogP contribution >= 0.6 is 23.2 Å². The Kier molecular flexibility index (Phi) is 6.95. The summed E-state index contributed by atoms with van der Waals surface area (Å²) in [7, 11) is 0. The molecule has 2 aromatic rings. The first-order valence-corrected chi connectivity index (χ1v) is 10.7. The van der Waals surface area contributed by atoms with Crippen LogP contribution in [0.5, 0.6) is 0 Å². The van der Waals surface area contributed by atoms with Gasteiger partial charge in [0.25, 0.3) is 0 Å². The summed E-state index contributed by atoms with van der Waals surface area (Å²) < 4.78 is 5.34. The number of carboxylic acid groups (broad SMARTS) is 1. The summed E-state index contributed by atoms with van der Waals surface area (Å²) in [5.41, 5.74) is -2.17. The first-order valence-electron chi connectivity index (χ1n) is 9.98. The van der Waals surface area contributed by atoms with E-state index in [2.05, 4.69) is 10.3 Å². The van der Waals surface area contributed by atoms with Crippen LogP contribution in [-0.4, -0.2) is 35.1 Å². The lowest BCUT2D eigenvalue weighted by Crippen LogP contribution is -2.44. The van der Waals surface area contributed by atoms with Crippen LogP contribution in [0, 0.1) is 5.41 Å². The lowest BCUT2D eigenvalue weighted by Gasteiger charge is -2.26. The monoisotopic (exact) mass is 488 g/mol. The lowest BCUT2D eigenvalue weighted by molar-refractivity contribution is -0.157. The normalized spacial score (nSPS) is 17.4. The molecule has 2 aromatic carbocycles. The van der Waals surface area contributed by atoms with E-state index < -0.39 is 35.4 Å². The van der Waals surface area contributed by atoms with E-state index in [1.165, 1.54) is 24.3 Å². The molecule has 1 atom stereocenters. The number of anilines is 1. The van der Waals surface area contributed by atoms with Gasteiger partial charge in [-0.05, 0) is 51.1 Å². The minimum Gasteiger partial charge on any atom is -0.479 e. The fraction of sp³-hybridized carbons (Fsp3) is 0.250. The third-order valence-corrected chi connectivity index (χ3v) is 5.40. The van der Waals surface area contributed by atoms with Gasteiger partial charge < -0.3 is 15.2 Å². The molecule has 9 heteroatoms. The van der Waals surface area contributed by atoms with Crippen molar-refractivity contribution in [1.82, 2.24) is 0 Å². The Hall–Kier alpha value is -3.16. The summed E-state index contributed by atoms with van der Waals surface area (Å²) in [6.45, 7) is 4.37. The first-order chi connectivity index (χ1) is 15.4. The standard InChI is InChI=1S/C24H22Cl2N2O5/c1-23(2,3)22(32)33-13-24(21(30)31)16(20-17(26)11-14(25)12-18(20)28-24)9-10-19(29)27-15-7-5-4-6-8-15/h4-12H,13H2,1-3H3,(H,27,29)(H,30,31). The highest BCUT2D eigenvalue weighted by molar-refractivity contribution is 6.34. The summed E-state index contributed by atoms with van der Waals surface area (Å²) in [5.74, 6) is -2.45. The predicted molar refractivity (Wildman–Crippen MR) is 126 cm³/mol. The van der Waals surface area contributed by atoms with Gasteiger partial charge >= 0.3 is 11.9 Å². The predicted octanol–water partition coefficient (Wildman–Crippen LogP) is 3.38. The average Bonchev–Trinajstić information content (AvgIpc) is 3.05. The molecule has 0 aromatic heterocycles. The van der Waals surface area contributed by atoms with E-state index in [9.17, 15) is 19.5 Å². The van der Waals surface area contributed by atoms with E-state index in [0.29, 0.717) is 10.9 Å². The number of carboxylic acids is 1. The van der Waals surface area contributed by atoms with E-state index >= 15 is 0 Å². The van der Waals surface area contributed by atoms with Crippen molar-refractivity contribution < 1.29 is 24.2 Å². The van der Waals surface area contributed by atoms with Gasteiger partial charge in [0, 0.05) is 27.6 Å². The molecular formula is C24H22Cl2N2O5. The number of ether oxygens (including phenoxy) is 1. The van der Waals surface area contributed by atoms with E-state index in [-0.39, 0.29) is 21.0 Å². The number of amides is 1. The molecule has 0 saturated carbocycles. The van der Waals surface area contributed by atoms with Gasteiger partial charge in [-0.2, -0.15) is 0 Å². The largest absolute Gasteiger partial charge is 0.479 e. The summed E-state index contributed by atoms with van der Waals surface area (Å²) >= 11 is 12.5. The van der Waals surface area contributed by atoms with Gasteiger partial charge in [0.05, 0.1) is 15.8 Å². The van der Waals surface area contributed by atoms with Crippen molar-refractivity contribution in [2.24, 2.45) is 10.4 Å². The van der Waals surface area contributed by atoms with Gasteiger partial charge in [0.2, 0.25) is 11.4 Å². The number of nitrogens with one attached hydrogen (secondary N) is 1. The number of aliphatic carboxylic acids is 1. The molecule has 2 N–H and O–H groups in total. The van der Waals surface area contributed by atoms with E-state index in [0.717, 1.165) is 0 Å². The minimum absolute atomic E-state index is 0.108. The number of nitrogens with zero attached hydrogens (tertiary/aromatic N) is 1. The van der Waals surface area contributed by atoms with Gasteiger partial charge in [-0.3, -0.25) is 14.6 Å². The van der Waals surface area contributed by atoms with Crippen LogP contribution in [-0.2, 0) is 19.1 Å². The maximum absolute atomic E-state index is 12.5. The van der Waals surface area contributed by atoms with E-state index in [1.807, 2.05) is 6.07 Å². The number of benzene rings is 2. The van der Waals surface area contributed by atoms with Crippen LogP contribution < -0.4 is 15.9 Å². The quantitative estimate of drug-likeness (QED) is 0.478. The van der Waals surface area contributed by atoms with Crippen LogP contribution in [0.1, 0.15) is 20.8 Å². The fourth-order valence-electron chi connectivity index (χ4n) is 3.19. The Labute approximate surface area is 200 Å². The molecule has 0 radical (unpaired) electrons. The third kappa shape index (κ3) is 5.26. The second-order valence-electron chi connectivity index (χ2n) is 8.49. The smallest absolute Gasteiger partial charge is 0.339 e. The molecule has 0 aliphatic carbocycles. The number of hydrogen-bond donors (Lipinski definition) is 2. The molecule has 0 saturated heterocycles. The average molecular weight is 489 g/mol. The molecule has 0 bridgehead atoms. The fourth-order valence-corrected chi connectivity index (χ4v) is 3.78. The molecule has 1 heterocycles. The van der Waals surface area contributed by atoms with E-state index in [4.69, 9.17) is 27.9 Å². The summed E-state index contributed by atoms with van der Waals surface area (Å²) in [4.78, 5) is 41.6. The second kappa shape index (κ2) is 9.37. The summed E-state index contributed by atoms with van der Waals surface area (Å²) in [5, 5.41) is 13.8. The van der Waals surface area contributed by atoms with Crippen LogP contribution in [0.2, 0.25) is 10.0 Å². The highest BCUT2D eigenvalue weighted by Crippen LogP contribution is 2.30. The van der Waals surface area contributed by atoms with Gasteiger partial charge in [-0.1, -0.05) is 41.4 Å². The zero-order chi connectivity index (χ0) is 24.4. The minimum atomic E-state index is -2.00. The van der Waals surface area contributed by atoms with Gasteiger partial charge in [-0.15, -0.1) is 0 Å². The van der Waals surface area contributed by atoms with Crippen LogP contribution in [0.25, 0.3) is 5.57 Å². The van der Waals surface area contributed by atoms with Crippen molar-refractivity contribution in [3.8, 4) is 0 Å². The maximum atomic E-state index is 12.5. The van der Waals surface area contributed by atoms with E-state index in [1.54, 1.807) is 45.0 Å². The Morgan fingerprint density at radius 2 is 1.82 bits per heavy atom. The number of rotatable bonds is 6. The number of hydrogen-bond acceptors (Lipinski definition) is 5. The van der Waals surface area contributed by atoms with Gasteiger partial charge in [0.15, 0.2) is 0 Å². The van der Waals surface area contributed by atoms with Crippen molar-refractivity contribution in [3.05, 3.63) is 75.2 Å². The Morgan fingerprint density at radius 3 is 2.42 bits per heavy atom. The molecule has 1 unspecified atom stereocenters. The molecule has 0 fully saturated rings. The molecule has 1 aliphatic heterocycles. The lowest BCUT2D eigenvalue weighted by atomic mass is 9.90. The van der Waals surface area contributed by atoms with Crippen LogP contribution in [0.4, 0.5) is 5.69 Å². The zero-order valence-electron chi connectivity index (χ0n) is 18.2. The van der Waals surface area contributed by atoms with Crippen LogP contribution in [0.15, 0.2) is 59.6 Å². The molecular weight excluding hydrogens is 467 g/mol. The Morgan fingerprint density at radius 1 is 1.15 bits per heavy atom. The Bertz CT molecular complexity index is 1270. The molecule has 33 heavy (non-hydrogen) atoms. The van der Waals surface area contributed by atoms with Crippen LogP contribution in [0.3, 0.4) is 0 Å². The topological polar surface area (TPSA) is 105 Å². The number of carbonyl (C=O) groups is 3. The van der Waals surface area contributed by atoms with Crippen molar-refractivity contribution >= 4 is 52.3 Å². The summed E-state index contributed by atoms with van der Waals surface area (Å²) in [6, 6.07) is 11.7. The molecule has 172 valence electrons. The molecule has 7 nitrogen and oxygen atoms in total. The number of halogens is 2. The molecule has 0 spiro atoms. The highest BCUT2D eigenvalue weighted by atomic mass is 35.5. The van der Waals surface area contributed by atoms with Crippen molar-refractivity contribution in [2.45, 2.75) is 26.3 Å². The Balaban J connectivity index is 2.07. The number of carbonyl (C=O) groups excluding carboxylic acids is 2. The molecule has 1 aliphatic rings. The third-order valence-electron chi connectivity index (χ3n) is 4.88. The molecule has 3 rings (SSSR count). The van der Waals surface area contributed by atoms with Gasteiger partial charge in [0.1, 0.15) is 6.61 Å². The number of para-hydroxylation sites is 1.